The average Bonchev–Trinajstić information content (AvgIpc) is 3.11. The van der Waals surface area contributed by atoms with Crippen LogP contribution in [0.4, 0.5) is 11.4 Å². The maximum absolute atomic E-state index is 6.02. The van der Waals surface area contributed by atoms with Crippen LogP contribution < -0.4 is 11.5 Å². The van der Waals surface area contributed by atoms with Gasteiger partial charge in [0.05, 0.1) is 0 Å². The van der Waals surface area contributed by atoms with Gasteiger partial charge in [0.15, 0.2) is 0 Å². The van der Waals surface area contributed by atoms with E-state index in [9.17, 15) is 0 Å². The minimum absolute atomic E-state index is 0.427. The maximum atomic E-state index is 6.02. The molecule has 0 spiro atoms. The summed E-state index contributed by atoms with van der Waals surface area (Å²) in [5, 5.41) is 0. The van der Waals surface area contributed by atoms with Gasteiger partial charge in [0.2, 0.25) is 0 Å². The number of hydrogen-bond acceptors (Lipinski definition) is 2. The lowest BCUT2D eigenvalue weighted by molar-refractivity contribution is 0.444. The van der Waals surface area contributed by atoms with E-state index in [-0.39, 0.29) is 0 Å². The first kappa shape index (κ1) is 37.3. The average molecular weight is 645 g/mol. The highest BCUT2D eigenvalue weighted by Gasteiger charge is 2.17. The smallest absolute Gasteiger partial charge is 0.0314 e. The van der Waals surface area contributed by atoms with Crippen molar-refractivity contribution in [3.63, 3.8) is 0 Å². The number of rotatable bonds is 22. The highest BCUT2D eigenvalue weighted by molar-refractivity contribution is 5.44. The zero-order valence-corrected chi connectivity index (χ0v) is 30.4. The number of nitrogen functional groups attached to an aromatic ring is 2. The fourth-order valence-electron chi connectivity index (χ4n) is 7.43. The van der Waals surface area contributed by atoms with Crippen LogP contribution in [0.2, 0.25) is 0 Å². The van der Waals surface area contributed by atoms with Gasteiger partial charge in [0, 0.05) is 23.2 Å². The summed E-state index contributed by atoms with van der Waals surface area (Å²) in [6.07, 6.45) is 20.4. The molecule has 0 saturated carbocycles. The van der Waals surface area contributed by atoms with Gasteiger partial charge in [-0.1, -0.05) is 164 Å². The predicted octanol–water partition coefficient (Wildman–Crippen LogP) is 13.0. The van der Waals surface area contributed by atoms with Gasteiger partial charge in [-0.3, -0.25) is 0 Å². The number of benzene rings is 4. The van der Waals surface area contributed by atoms with E-state index < -0.39 is 0 Å². The van der Waals surface area contributed by atoms with Crippen molar-refractivity contribution < 1.29 is 0 Å². The minimum atomic E-state index is 0.427. The van der Waals surface area contributed by atoms with E-state index in [1.165, 1.54) is 123 Å². The topological polar surface area (TPSA) is 52.0 Å². The molecule has 4 aromatic rings. The lowest BCUT2D eigenvalue weighted by Crippen LogP contribution is -2.10. The maximum Gasteiger partial charge on any atom is 0.0314 e. The summed E-state index contributed by atoms with van der Waals surface area (Å²) in [6, 6.07) is 36.3. The summed E-state index contributed by atoms with van der Waals surface area (Å²) in [4.78, 5) is 0. The summed E-state index contributed by atoms with van der Waals surface area (Å²) in [6.45, 7) is 6.87. The van der Waals surface area contributed by atoms with Crippen LogP contribution in [0.3, 0.4) is 0 Å². The van der Waals surface area contributed by atoms with Crippen molar-refractivity contribution in [1.82, 2.24) is 0 Å². The molecule has 258 valence electrons. The molecule has 0 radical (unpaired) electrons. The second kappa shape index (κ2) is 20.8. The molecular formula is C46H64N2. The molecule has 0 heterocycles. The first-order valence-electron chi connectivity index (χ1n) is 19.4. The van der Waals surface area contributed by atoms with Gasteiger partial charge in [-0.05, 0) is 95.7 Å². The van der Waals surface area contributed by atoms with Crippen molar-refractivity contribution in [3.05, 3.63) is 130 Å². The van der Waals surface area contributed by atoms with Crippen molar-refractivity contribution in [1.29, 1.82) is 0 Å². The molecule has 0 aliphatic heterocycles. The van der Waals surface area contributed by atoms with E-state index in [0.717, 1.165) is 24.2 Å². The Hall–Kier alpha value is -3.52. The van der Waals surface area contributed by atoms with Gasteiger partial charge < -0.3 is 11.5 Å². The Bertz CT molecular complexity index is 1300. The van der Waals surface area contributed by atoms with E-state index in [2.05, 4.69) is 93.6 Å². The lowest BCUT2D eigenvalue weighted by Gasteiger charge is -2.21. The van der Waals surface area contributed by atoms with Crippen LogP contribution in [0.25, 0.3) is 0 Å². The second-order valence-electron chi connectivity index (χ2n) is 14.4. The van der Waals surface area contributed by atoms with Crippen molar-refractivity contribution in [3.8, 4) is 0 Å². The zero-order valence-electron chi connectivity index (χ0n) is 30.4. The molecule has 4 rings (SSSR count). The van der Waals surface area contributed by atoms with Crippen molar-refractivity contribution in [2.75, 3.05) is 11.5 Å². The van der Waals surface area contributed by atoms with Crippen LogP contribution in [0.1, 0.15) is 156 Å². The number of nitrogens with two attached hydrogens (primary N) is 2. The largest absolute Gasteiger partial charge is 0.399 e. The van der Waals surface area contributed by atoms with Gasteiger partial charge in [-0.25, -0.2) is 0 Å². The molecule has 0 aliphatic rings. The Labute approximate surface area is 293 Å². The fraction of sp³-hybridized carbons (Fsp3) is 0.478. The molecule has 0 amide bonds. The third-order valence-electron chi connectivity index (χ3n) is 10.4. The summed E-state index contributed by atoms with van der Waals surface area (Å²) in [7, 11) is 0. The molecular weight excluding hydrogens is 581 g/mol. The van der Waals surface area contributed by atoms with Crippen LogP contribution in [0.5, 0.6) is 0 Å². The van der Waals surface area contributed by atoms with E-state index in [1.54, 1.807) is 0 Å². The number of anilines is 2. The van der Waals surface area contributed by atoms with Crippen molar-refractivity contribution >= 4 is 11.4 Å². The third-order valence-corrected chi connectivity index (χ3v) is 10.4. The quantitative estimate of drug-likeness (QED) is 0.0660. The van der Waals surface area contributed by atoms with Crippen LogP contribution in [0.15, 0.2) is 97.1 Å². The minimum Gasteiger partial charge on any atom is -0.399 e. The van der Waals surface area contributed by atoms with Crippen molar-refractivity contribution in [2.24, 2.45) is 5.92 Å². The van der Waals surface area contributed by atoms with E-state index in [4.69, 9.17) is 11.5 Å². The Balaban J connectivity index is 1.46. The standard InChI is InChI=1S/C46H64N2/c1-4-7-10-11-12-13-14-15-38(34-36-18-22-39(23-19-36)45(16-8-5-2)41-26-30-43(47)31-27-41)35-37-20-24-40(25-21-37)46(17-9-6-3)42-28-32-44(48)33-29-42/h18-33,38,45-46H,4-17,34-35,47-48H2,1-3H3. The molecule has 0 saturated heterocycles. The van der Waals surface area contributed by atoms with Gasteiger partial charge >= 0.3 is 0 Å². The lowest BCUT2D eigenvalue weighted by atomic mass is 9.84. The molecule has 2 nitrogen and oxygen atoms in total. The summed E-state index contributed by atoms with van der Waals surface area (Å²) >= 11 is 0. The van der Waals surface area contributed by atoms with E-state index in [0.29, 0.717) is 17.8 Å². The highest BCUT2D eigenvalue weighted by Crippen LogP contribution is 2.33. The SMILES string of the molecule is CCCCCCCCCC(Cc1ccc(C(CCCC)c2ccc(N)cc2)cc1)Cc1ccc(C(CCCC)c2ccc(N)cc2)cc1. The highest BCUT2D eigenvalue weighted by atomic mass is 14.5. The van der Waals surface area contributed by atoms with Gasteiger partial charge in [-0.15, -0.1) is 0 Å². The third kappa shape index (κ3) is 12.2. The number of unbranched alkanes of at least 4 members (excludes halogenated alkanes) is 8. The molecule has 0 aromatic heterocycles. The van der Waals surface area contributed by atoms with E-state index >= 15 is 0 Å². The molecule has 4 N–H and O–H groups in total. The Morgan fingerprint density at radius 3 is 1.08 bits per heavy atom. The predicted molar refractivity (Wildman–Crippen MR) is 211 cm³/mol. The Morgan fingerprint density at radius 2 is 0.708 bits per heavy atom. The van der Waals surface area contributed by atoms with Crippen LogP contribution in [0, 0.1) is 5.92 Å². The molecule has 2 atom stereocenters. The Kier molecular flexibility index (Phi) is 16.1. The van der Waals surface area contributed by atoms with Gasteiger partial charge in [-0.2, -0.15) is 0 Å². The zero-order chi connectivity index (χ0) is 34.0. The number of hydrogen-bond donors (Lipinski definition) is 2. The first-order chi connectivity index (χ1) is 23.5. The molecule has 48 heavy (non-hydrogen) atoms. The normalized spacial score (nSPS) is 13.3. The first-order valence-corrected chi connectivity index (χ1v) is 19.4. The molecule has 0 aliphatic carbocycles. The summed E-state index contributed by atoms with van der Waals surface area (Å²) in [5.41, 5.74) is 22.3. The molecule has 2 heteroatoms. The van der Waals surface area contributed by atoms with Crippen LogP contribution >= 0.6 is 0 Å². The molecule has 4 aromatic carbocycles. The van der Waals surface area contributed by atoms with Gasteiger partial charge in [0.25, 0.3) is 0 Å². The van der Waals surface area contributed by atoms with Gasteiger partial charge in [0.1, 0.15) is 0 Å². The summed E-state index contributed by atoms with van der Waals surface area (Å²) in [5.74, 6) is 1.50. The molecule has 2 unspecified atom stereocenters. The Morgan fingerprint density at radius 1 is 0.375 bits per heavy atom. The van der Waals surface area contributed by atoms with E-state index in [1.807, 2.05) is 24.3 Å². The molecule has 0 bridgehead atoms. The molecule has 0 fully saturated rings. The van der Waals surface area contributed by atoms with Crippen molar-refractivity contribution in [2.45, 2.75) is 135 Å². The van der Waals surface area contributed by atoms with Crippen LogP contribution in [-0.2, 0) is 12.8 Å². The summed E-state index contributed by atoms with van der Waals surface area (Å²) < 4.78 is 0. The fourth-order valence-corrected chi connectivity index (χ4v) is 7.43. The monoisotopic (exact) mass is 645 g/mol. The second-order valence-corrected chi connectivity index (χ2v) is 14.4. The van der Waals surface area contributed by atoms with Crippen LogP contribution in [-0.4, -0.2) is 0 Å².